The minimum Gasteiger partial charge on any atom is -0.366 e. The van der Waals surface area contributed by atoms with E-state index in [1.165, 1.54) is 0 Å². The van der Waals surface area contributed by atoms with Crippen LogP contribution in [0.5, 0.6) is 0 Å². The van der Waals surface area contributed by atoms with Crippen molar-refractivity contribution in [1.29, 1.82) is 0 Å². The number of amides is 1. The summed E-state index contributed by atoms with van der Waals surface area (Å²) in [6, 6.07) is 9.83. The van der Waals surface area contributed by atoms with Crippen LogP contribution in [-0.2, 0) is 9.53 Å². The third kappa shape index (κ3) is 6.94. The maximum Gasteiger partial charge on any atom is 0.246 e. The van der Waals surface area contributed by atoms with Crippen molar-refractivity contribution in [2.24, 2.45) is 5.73 Å². The number of nitrogens with two attached hydrogens (primary N) is 1. The Balaban J connectivity index is 2.22. The predicted octanol–water partition coefficient (Wildman–Crippen LogP) is 2.01. The number of hydrogen-bond acceptors (Lipinski definition) is 3. The van der Waals surface area contributed by atoms with Gasteiger partial charge in [0, 0.05) is 12.6 Å². The summed E-state index contributed by atoms with van der Waals surface area (Å²) in [4.78, 5) is 11.5. The molecule has 0 saturated carbocycles. The molecule has 0 saturated heterocycles. The highest BCUT2D eigenvalue weighted by Crippen LogP contribution is 2.12. The molecule has 0 fully saturated rings. The molecule has 0 bridgehead atoms. The minimum atomic E-state index is -0.294. The van der Waals surface area contributed by atoms with Crippen molar-refractivity contribution >= 4 is 5.91 Å². The van der Waals surface area contributed by atoms with E-state index in [4.69, 9.17) is 10.5 Å². The zero-order chi connectivity index (χ0) is 14.3. The van der Waals surface area contributed by atoms with E-state index in [9.17, 15) is 4.79 Å². The molecule has 3 N–H and O–H groups in total. The van der Waals surface area contributed by atoms with Crippen LogP contribution in [0.2, 0.25) is 0 Å². The van der Waals surface area contributed by atoms with E-state index in [0.29, 0.717) is 13.0 Å². The van der Waals surface area contributed by atoms with Gasteiger partial charge in [-0.3, -0.25) is 4.79 Å². The molecule has 0 aliphatic rings. The molecule has 1 rings (SSSR count). The lowest BCUT2D eigenvalue weighted by Gasteiger charge is -2.19. The first-order valence-corrected chi connectivity index (χ1v) is 6.59. The van der Waals surface area contributed by atoms with E-state index in [-0.39, 0.29) is 24.2 Å². The van der Waals surface area contributed by atoms with Crippen molar-refractivity contribution in [3.63, 3.8) is 0 Å². The third-order valence-electron chi connectivity index (χ3n) is 2.64. The Morgan fingerprint density at radius 3 is 2.53 bits per heavy atom. The number of ether oxygens (including phenoxy) is 1. The van der Waals surface area contributed by atoms with Gasteiger partial charge in [0.1, 0.15) is 6.61 Å². The third-order valence-corrected chi connectivity index (χ3v) is 2.64. The summed E-state index contributed by atoms with van der Waals surface area (Å²) in [6.07, 6.45) is 0.714. The van der Waals surface area contributed by atoms with Crippen LogP contribution in [0.1, 0.15) is 38.8 Å². The van der Waals surface area contributed by atoms with Gasteiger partial charge in [-0.15, -0.1) is 0 Å². The van der Waals surface area contributed by atoms with Crippen LogP contribution in [0.4, 0.5) is 0 Å². The second-order valence-corrected chi connectivity index (χ2v) is 5.56. The Labute approximate surface area is 115 Å². The van der Waals surface area contributed by atoms with Gasteiger partial charge in [-0.05, 0) is 32.8 Å². The maximum atomic E-state index is 11.5. The molecule has 1 unspecified atom stereocenters. The number of carbonyl (C=O) groups excluding carboxylic acids is 1. The fourth-order valence-electron chi connectivity index (χ4n) is 1.57. The van der Waals surface area contributed by atoms with E-state index in [1.807, 2.05) is 51.1 Å². The highest BCUT2D eigenvalue weighted by atomic mass is 16.5. The number of rotatable bonds is 6. The highest BCUT2D eigenvalue weighted by molar-refractivity contribution is 5.77. The summed E-state index contributed by atoms with van der Waals surface area (Å²) in [5.41, 5.74) is 6.83. The largest absolute Gasteiger partial charge is 0.366 e. The van der Waals surface area contributed by atoms with Gasteiger partial charge >= 0.3 is 0 Å². The molecule has 4 nitrogen and oxygen atoms in total. The molecule has 0 heterocycles. The SMILES string of the molecule is CC(C)(C)OCC(=O)NCCC(N)c1ccccc1. The molecule has 19 heavy (non-hydrogen) atoms. The van der Waals surface area contributed by atoms with Crippen LogP contribution >= 0.6 is 0 Å². The second kappa shape index (κ2) is 7.26. The molecule has 0 spiro atoms. The van der Waals surface area contributed by atoms with Crippen molar-refractivity contribution in [3.8, 4) is 0 Å². The van der Waals surface area contributed by atoms with Crippen LogP contribution < -0.4 is 11.1 Å². The summed E-state index contributed by atoms with van der Waals surface area (Å²) in [6.45, 7) is 6.41. The van der Waals surface area contributed by atoms with Crippen LogP contribution in [0.15, 0.2) is 30.3 Å². The van der Waals surface area contributed by atoms with Crippen LogP contribution in [0.25, 0.3) is 0 Å². The van der Waals surface area contributed by atoms with E-state index in [1.54, 1.807) is 0 Å². The molecule has 0 aliphatic carbocycles. The second-order valence-electron chi connectivity index (χ2n) is 5.56. The lowest BCUT2D eigenvalue weighted by Crippen LogP contribution is -2.33. The van der Waals surface area contributed by atoms with Crippen molar-refractivity contribution in [3.05, 3.63) is 35.9 Å². The quantitative estimate of drug-likeness (QED) is 0.826. The van der Waals surface area contributed by atoms with Gasteiger partial charge < -0.3 is 15.8 Å². The predicted molar refractivity (Wildman–Crippen MR) is 76.7 cm³/mol. The van der Waals surface area contributed by atoms with E-state index >= 15 is 0 Å². The first kappa shape index (κ1) is 15.7. The van der Waals surface area contributed by atoms with Gasteiger partial charge in [0.05, 0.1) is 5.60 Å². The molecule has 4 heteroatoms. The molecule has 0 radical (unpaired) electrons. The van der Waals surface area contributed by atoms with Crippen LogP contribution in [0.3, 0.4) is 0 Å². The van der Waals surface area contributed by atoms with Gasteiger partial charge in [0.15, 0.2) is 0 Å². The molecule has 1 aromatic rings. The molecule has 1 atom stereocenters. The summed E-state index contributed by atoms with van der Waals surface area (Å²) >= 11 is 0. The molecular formula is C15H24N2O2. The molecular weight excluding hydrogens is 240 g/mol. The van der Waals surface area contributed by atoms with Crippen molar-refractivity contribution in [2.75, 3.05) is 13.2 Å². The van der Waals surface area contributed by atoms with E-state index in [2.05, 4.69) is 5.32 Å². The molecule has 0 aliphatic heterocycles. The van der Waals surface area contributed by atoms with Crippen molar-refractivity contribution in [1.82, 2.24) is 5.32 Å². The zero-order valence-electron chi connectivity index (χ0n) is 12.0. The van der Waals surface area contributed by atoms with Crippen molar-refractivity contribution in [2.45, 2.75) is 38.8 Å². The lowest BCUT2D eigenvalue weighted by molar-refractivity contribution is -0.130. The first-order valence-electron chi connectivity index (χ1n) is 6.59. The molecule has 1 amide bonds. The zero-order valence-corrected chi connectivity index (χ0v) is 12.0. The Morgan fingerprint density at radius 1 is 1.32 bits per heavy atom. The number of carbonyl (C=O) groups is 1. The van der Waals surface area contributed by atoms with Crippen LogP contribution in [0, 0.1) is 0 Å². The molecule has 106 valence electrons. The normalized spacial score (nSPS) is 13.1. The van der Waals surface area contributed by atoms with E-state index < -0.39 is 0 Å². The van der Waals surface area contributed by atoms with Gasteiger partial charge in [0.2, 0.25) is 5.91 Å². The van der Waals surface area contributed by atoms with Gasteiger partial charge in [-0.1, -0.05) is 30.3 Å². The summed E-state index contributed by atoms with van der Waals surface area (Å²) < 4.78 is 5.39. The van der Waals surface area contributed by atoms with Gasteiger partial charge in [0.25, 0.3) is 0 Å². The Hall–Kier alpha value is -1.39. The average Bonchev–Trinajstić information content (AvgIpc) is 2.36. The van der Waals surface area contributed by atoms with E-state index in [0.717, 1.165) is 5.56 Å². The highest BCUT2D eigenvalue weighted by Gasteiger charge is 2.13. The average molecular weight is 264 g/mol. The Morgan fingerprint density at radius 2 is 1.95 bits per heavy atom. The van der Waals surface area contributed by atoms with Gasteiger partial charge in [-0.2, -0.15) is 0 Å². The van der Waals surface area contributed by atoms with Gasteiger partial charge in [-0.25, -0.2) is 0 Å². The number of benzene rings is 1. The standard InChI is InChI=1S/C15H24N2O2/c1-15(2,3)19-11-14(18)17-10-9-13(16)12-7-5-4-6-8-12/h4-8,13H,9-11,16H2,1-3H3,(H,17,18). The smallest absolute Gasteiger partial charge is 0.246 e. The van der Waals surface area contributed by atoms with Crippen LogP contribution in [-0.4, -0.2) is 24.7 Å². The minimum absolute atomic E-state index is 0.0509. The fourth-order valence-corrected chi connectivity index (χ4v) is 1.57. The first-order chi connectivity index (χ1) is 8.88. The maximum absolute atomic E-state index is 11.5. The summed E-state index contributed by atoms with van der Waals surface area (Å²) in [7, 11) is 0. The number of nitrogens with one attached hydrogen (secondary N) is 1. The molecule has 0 aromatic heterocycles. The lowest BCUT2D eigenvalue weighted by atomic mass is 10.1. The number of hydrogen-bond donors (Lipinski definition) is 2. The summed E-state index contributed by atoms with van der Waals surface area (Å²) in [5.74, 6) is -0.102. The topological polar surface area (TPSA) is 64.3 Å². The summed E-state index contributed by atoms with van der Waals surface area (Å²) in [5, 5.41) is 2.81. The Bertz CT molecular complexity index is 385. The monoisotopic (exact) mass is 264 g/mol. The van der Waals surface area contributed by atoms with Crippen molar-refractivity contribution < 1.29 is 9.53 Å². The molecule has 1 aromatic carbocycles. The fraction of sp³-hybridized carbons (Fsp3) is 0.533. The Kier molecular flexibility index (Phi) is 5.99.